The Morgan fingerprint density at radius 3 is 2.56 bits per heavy atom. The van der Waals surface area contributed by atoms with Gasteiger partial charge in [0.05, 0.1) is 11.6 Å². The number of benzene rings is 2. The predicted molar refractivity (Wildman–Crippen MR) is 123 cm³/mol. The second-order valence-corrected chi connectivity index (χ2v) is 7.95. The normalized spacial score (nSPS) is 11.2. The molecule has 9 heteroatoms. The Morgan fingerprint density at radius 2 is 1.81 bits per heavy atom. The van der Waals surface area contributed by atoms with Crippen molar-refractivity contribution in [1.82, 2.24) is 20.8 Å². The highest BCUT2D eigenvalue weighted by molar-refractivity contribution is 7.10. The van der Waals surface area contributed by atoms with Gasteiger partial charge in [-0.05, 0) is 41.8 Å². The van der Waals surface area contributed by atoms with E-state index in [-0.39, 0.29) is 24.0 Å². The molecule has 2 aromatic heterocycles. The Balaban J connectivity index is 1.47. The van der Waals surface area contributed by atoms with E-state index in [2.05, 4.69) is 20.8 Å². The largest absolute Gasteiger partial charge is 0.342 e. The summed E-state index contributed by atoms with van der Waals surface area (Å²) >= 11 is 7.61. The van der Waals surface area contributed by atoms with Crippen LogP contribution in [-0.4, -0.2) is 22.0 Å². The van der Waals surface area contributed by atoms with E-state index in [0.717, 1.165) is 4.88 Å². The molecule has 0 fully saturated rings. The summed E-state index contributed by atoms with van der Waals surface area (Å²) in [5, 5.41) is 11.7. The van der Waals surface area contributed by atoms with Gasteiger partial charge in [-0.2, -0.15) is 4.98 Å². The lowest BCUT2D eigenvalue weighted by Crippen LogP contribution is -2.34. The number of hydrogen-bond acceptors (Lipinski definition) is 6. The number of hydrogen-bond donors (Lipinski definition) is 2. The van der Waals surface area contributed by atoms with E-state index >= 15 is 0 Å². The van der Waals surface area contributed by atoms with Gasteiger partial charge in [-0.15, -0.1) is 11.3 Å². The van der Waals surface area contributed by atoms with Gasteiger partial charge in [-0.25, -0.2) is 0 Å². The van der Waals surface area contributed by atoms with Crippen LogP contribution in [0.4, 0.5) is 0 Å². The number of carbonyl (C=O) groups is 2. The predicted octanol–water partition coefficient (Wildman–Crippen LogP) is 4.54. The topological polar surface area (TPSA) is 97.1 Å². The second kappa shape index (κ2) is 10.0. The monoisotopic (exact) mass is 464 g/mol. The number of halogens is 1. The van der Waals surface area contributed by atoms with Gasteiger partial charge in [0.25, 0.3) is 11.8 Å². The molecule has 32 heavy (non-hydrogen) atoms. The Kier molecular flexibility index (Phi) is 6.74. The number of rotatable bonds is 7. The van der Waals surface area contributed by atoms with Gasteiger partial charge >= 0.3 is 0 Å². The fourth-order valence-electron chi connectivity index (χ4n) is 2.79. The van der Waals surface area contributed by atoms with Crippen LogP contribution in [-0.2, 0) is 11.3 Å². The van der Waals surface area contributed by atoms with E-state index in [1.807, 2.05) is 29.6 Å². The van der Waals surface area contributed by atoms with Gasteiger partial charge in [-0.1, -0.05) is 53.2 Å². The molecule has 0 aliphatic carbocycles. The SMILES string of the molecule is O=C(NCc1nc(-c2ccccc2Cl)no1)/C(=C/c1cccs1)NC(=O)c1ccccc1. The van der Waals surface area contributed by atoms with Gasteiger partial charge in [0.15, 0.2) is 0 Å². The minimum Gasteiger partial charge on any atom is -0.342 e. The molecule has 0 bridgehead atoms. The third-order valence-electron chi connectivity index (χ3n) is 4.34. The van der Waals surface area contributed by atoms with Crippen LogP contribution in [0.1, 0.15) is 21.1 Å². The molecule has 0 saturated heterocycles. The molecule has 0 saturated carbocycles. The van der Waals surface area contributed by atoms with Gasteiger partial charge in [0.2, 0.25) is 11.7 Å². The molecule has 4 aromatic rings. The first-order valence-electron chi connectivity index (χ1n) is 9.57. The molecule has 0 aliphatic heterocycles. The van der Waals surface area contributed by atoms with E-state index in [0.29, 0.717) is 22.0 Å². The van der Waals surface area contributed by atoms with Crippen LogP contribution in [0.3, 0.4) is 0 Å². The molecule has 0 aliphatic rings. The Bertz CT molecular complexity index is 1250. The van der Waals surface area contributed by atoms with Crippen LogP contribution in [0, 0.1) is 0 Å². The molecule has 0 spiro atoms. The summed E-state index contributed by atoms with van der Waals surface area (Å²) in [5.74, 6) is -0.341. The average molecular weight is 465 g/mol. The van der Waals surface area contributed by atoms with Gasteiger partial charge in [0.1, 0.15) is 5.70 Å². The maximum absolute atomic E-state index is 12.8. The number of nitrogens with zero attached hydrogens (tertiary/aromatic N) is 2. The van der Waals surface area contributed by atoms with Gasteiger partial charge in [-0.3, -0.25) is 9.59 Å². The van der Waals surface area contributed by atoms with Crippen molar-refractivity contribution in [3.05, 3.63) is 99.2 Å². The summed E-state index contributed by atoms with van der Waals surface area (Å²) in [6.07, 6.45) is 1.61. The summed E-state index contributed by atoms with van der Waals surface area (Å²) in [7, 11) is 0. The number of carbonyl (C=O) groups excluding carboxylic acids is 2. The lowest BCUT2D eigenvalue weighted by atomic mass is 10.2. The standard InChI is InChI=1S/C23H17ClN4O3S/c24-18-11-5-4-10-17(18)21-27-20(31-28-21)14-25-23(30)19(13-16-9-6-12-32-16)26-22(29)15-7-2-1-3-8-15/h1-13H,14H2,(H,25,30)(H,26,29)/b19-13-. The van der Waals surface area contributed by atoms with Crippen LogP contribution in [0.2, 0.25) is 5.02 Å². The molecule has 7 nitrogen and oxygen atoms in total. The molecule has 2 heterocycles. The smallest absolute Gasteiger partial charge is 0.268 e. The molecule has 0 radical (unpaired) electrons. The molecule has 2 amide bonds. The molecule has 2 N–H and O–H groups in total. The lowest BCUT2D eigenvalue weighted by Gasteiger charge is -2.10. The minimum atomic E-state index is -0.486. The summed E-state index contributed by atoms with van der Waals surface area (Å²) in [4.78, 5) is 30.5. The Labute approximate surface area is 192 Å². The number of aromatic nitrogens is 2. The van der Waals surface area contributed by atoms with E-state index in [1.54, 1.807) is 48.5 Å². The fraction of sp³-hybridized carbons (Fsp3) is 0.0435. The third-order valence-corrected chi connectivity index (χ3v) is 5.49. The Hall–Kier alpha value is -3.75. The third kappa shape index (κ3) is 5.29. The molecule has 160 valence electrons. The van der Waals surface area contributed by atoms with E-state index in [9.17, 15) is 9.59 Å². The average Bonchev–Trinajstić information content (AvgIpc) is 3.50. The molecule has 0 atom stereocenters. The van der Waals surface area contributed by atoms with Crippen LogP contribution >= 0.6 is 22.9 Å². The number of amides is 2. The van der Waals surface area contributed by atoms with Crippen LogP contribution < -0.4 is 10.6 Å². The van der Waals surface area contributed by atoms with E-state index < -0.39 is 5.91 Å². The van der Waals surface area contributed by atoms with Gasteiger partial charge in [0, 0.05) is 16.0 Å². The number of thiophene rings is 1. The van der Waals surface area contributed by atoms with E-state index in [4.69, 9.17) is 16.1 Å². The quantitative estimate of drug-likeness (QED) is 0.391. The Morgan fingerprint density at radius 1 is 1.03 bits per heavy atom. The van der Waals surface area contributed by atoms with Crippen molar-refractivity contribution >= 4 is 40.8 Å². The highest BCUT2D eigenvalue weighted by Crippen LogP contribution is 2.24. The van der Waals surface area contributed by atoms with E-state index in [1.165, 1.54) is 11.3 Å². The zero-order chi connectivity index (χ0) is 22.3. The molecular weight excluding hydrogens is 448 g/mol. The second-order valence-electron chi connectivity index (χ2n) is 6.57. The van der Waals surface area contributed by atoms with Crippen molar-refractivity contribution in [2.24, 2.45) is 0 Å². The lowest BCUT2D eigenvalue weighted by molar-refractivity contribution is -0.118. The van der Waals surface area contributed by atoms with Crippen molar-refractivity contribution in [3.63, 3.8) is 0 Å². The van der Waals surface area contributed by atoms with Crippen molar-refractivity contribution in [2.45, 2.75) is 6.54 Å². The number of nitrogens with one attached hydrogen (secondary N) is 2. The van der Waals surface area contributed by atoms with Crippen LogP contribution in [0.5, 0.6) is 0 Å². The highest BCUT2D eigenvalue weighted by atomic mass is 35.5. The summed E-state index contributed by atoms with van der Waals surface area (Å²) in [5.41, 5.74) is 1.18. The minimum absolute atomic E-state index is 0.0146. The van der Waals surface area contributed by atoms with Crippen molar-refractivity contribution in [2.75, 3.05) is 0 Å². The first-order chi connectivity index (χ1) is 15.6. The van der Waals surface area contributed by atoms with Crippen LogP contribution in [0.25, 0.3) is 17.5 Å². The van der Waals surface area contributed by atoms with Crippen LogP contribution in [0.15, 0.2) is 82.3 Å². The fourth-order valence-corrected chi connectivity index (χ4v) is 3.67. The molecule has 4 rings (SSSR count). The van der Waals surface area contributed by atoms with Crippen molar-refractivity contribution in [3.8, 4) is 11.4 Å². The molecular formula is C23H17ClN4O3S. The molecule has 2 aromatic carbocycles. The van der Waals surface area contributed by atoms with Gasteiger partial charge < -0.3 is 15.2 Å². The summed E-state index contributed by atoms with van der Waals surface area (Å²) in [6.45, 7) is -0.0146. The highest BCUT2D eigenvalue weighted by Gasteiger charge is 2.17. The summed E-state index contributed by atoms with van der Waals surface area (Å²) in [6, 6.07) is 19.5. The summed E-state index contributed by atoms with van der Waals surface area (Å²) < 4.78 is 5.22. The van der Waals surface area contributed by atoms with Crippen molar-refractivity contribution in [1.29, 1.82) is 0 Å². The first kappa shape index (κ1) is 21.5. The van der Waals surface area contributed by atoms with Crippen molar-refractivity contribution < 1.29 is 14.1 Å². The zero-order valence-electron chi connectivity index (χ0n) is 16.6. The zero-order valence-corrected chi connectivity index (χ0v) is 18.2. The molecule has 0 unspecified atom stereocenters. The maximum Gasteiger partial charge on any atom is 0.268 e. The maximum atomic E-state index is 12.8. The first-order valence-corrected chi connectivity index (χ1v) is 10.8.